The molecule has 28 heavy (non-hydrogen) atoms. The maximum absolute atomic E-state index is 12.0. The van der Waals surface area contributed by atoms with Gasteiger partial charge in [0.25, 0.3) is 0 Å². The van der Waals surface area contributed by atoms with Gasteiger partial charge in [0.2, 0.25) is 5.88 Å². The van der Waals surface area contributed by atoms with Crippen LogP contribution in [-0.4, -0.2) is 35.5 Å². The molecule has 0 bridgehead atoms. The first-order valence-electron chi connectivity index (χ1n) is 9.04. The predicted molar refractivity (Wildman–Crippen MR) is 109 cm³/mol. The average molecular weight is 377 g/mol. The zero-order valence-corrected chi connectivity index (χ0v) is 16.5. The number of nitrogens with zero attached hydrogens (tertiary/aromatic N) is 3. The van der Waals surface area contributed by atoms with Crippen molar-refractivity contribution in [1.29, 1.82) is 0 Å². The Morgan fingerprint density at radius 3 is 2.71 bits per heavy atom. The van der Waals surface area contributed by atoms with E-state index in [1.165, 1.54) is 0 Å². The topological polar surface area (TPSA) is 65.7 Å². The molecule has 0 aliphatic rings. The number of benzene rings is 1. The van der Waals surface area contributed by atoms with E-state index >= 15 is 0 Å². The zero-order chi connectivity index (χ0) is 20.1. The molecule has 0 fully saturated rings. The third kappa shape index (κ3) is 4.11. The summed E-state index contributed by atoms with van der Waals surface area (Å²) in [6.07, 6.45) is 3.48. The van der Waals surface area contributed by atoms with E-state index < -0.39 is 0 Å². The summed E-state index contributed by atoms with van der Waals surface area (Å²) in [4.78, 5) is 20.7. The van der Waals surface area contributed by atoms with Crippen molar-refractivity contribution < 1.29 is 14.3 Å². The Morgan fingerprint density at radius 1 is 1.21 bits per heavy atom. The number of aryl methyl sites for hydroxylation is 1. The van der Waals surface area contributed by atoms with Crippen LogP contribution in [0.4, 0.5) is 5.69 Å². The van der Waals surface area contributed by atoms with Crippen molar-refractivity contribution in [1.82, 2.24) is 9.55 Å². The van der Waals surface area contributed by atoms with E-state index in [9.17, 15) is 4.79 Å². The number of carbonyl (C=O) groups excluding carboxylic acids is 1. The van der Waals surface area contributed by atoms with Crippen LogP contribution >= 0.6 is 0 Å². The minimum atomic E-state index is -0.319. The SMILES string of the molecule is CCOC(=O)c1cccc(-n2c(C)cc(C=Nc3ccc(OC)nc3)c2C)c1. The van der Waals surface area contributed by atoms with Crippen LogP contribution in [0.5, 0.6) is 5.88 Å². The van der Waals surface area contributed by atoms with Crippen LogP contribution in [0, 0.1) is 13.8 Å². The normalized spacial score (nSPS) is 11.0. The summed E-state index contributed by atoms with van der Waals surface area (Å²) >= 11 is 0. The summed E-state index contributed by atoms with van der Waals surface area (Å²) in [6.45, 7) is 6.20. The van der Waals surface area contributed by atoms with E-state index in [2.05, 4.69) is 20.6 Å². The van der Waals surface area contributed by atoms with Gasteiger partial charge in [-0.1, -0.05) is 6.07 Å². The van der Waals surface area contributed by atoms with Gasteiger partial charge in [-0.05, 0) is 51.1 Å². The van der Waals surface area contributed by atoms with E-state index in [4.69, 9.17) is 9.47 Å². The largest absolute Gasteiger partial charge is 0.481 e. The van der Waals surface area contributed by atoms with Gasteiger partial charge >= 0.3 is 5.97 Å². The molecule has 0 saturated carbocycles. The highest BCUT2D eigenvalue weighted by Crippen LogP contribution is 2.22. The summed E-state index contributed by atoms with van der Waals surface area (Å²) in [5, 5.41) is 0. The fourth-order valence-corrected chi connectivity index (χ4v) is 3.02. The second-order valence-electron chi connectivity index (χ2n) is 6.25. The van der Waals surface area contributed by atoms with Gasteiger partial charge in [0, 0.05) is 34.9 Å². The molecule has 0 aliphatic carbocycles. The Hall–Kier alpha value is -3.41. The van der Waals surface area contributed by atoms with Gasteiger partial charge in [-0.3, -0.25) is 4.99 Å². The number of aliphatic imine (C=N–C) groups is 1. The molecule has 1 aromatic carbocycles. The van der Waals surface area contributed by atoms with Crippen molar-refractivity contribution in [3.8, 4) is 11.6 Å². The Bertz CT molecular complexity index is 1000. The maximum Gasteiger partial charge on any atom is 0.338 e. The highest BCUT2D eigenvalue weighted by molar-refractivity contribution is 5.90. The van der Waals surface area contributed by atoms with Gasteiger partial charge in [0.15, 0.2) is 0 Å². The molecule has 0 aliphatic heterocycles. The first-order chi connectivity index (χ1) is 13.5. The monoisotopic (exact) mass is 377 g/mol. The molecule has 0 N–H and O–H groups in total. The molecule has 3 aromatic rings. The molecule has 144 valence electrons. The van der Waals surface area contributed by atoms with Crippen LogP contribution in [0.15, 0.2) is 53.7 Å². The minimum absolute atomic E-state index is 0.319. The number of esters is 1. The third-order valence-electron chi connectivity index (χ3n) is 4.37. The predicted octanol–water partition coefficient (Wildman–Crippen LogP) is 4.43. The Balaban J connectivity index is 1.90. The van der Waals surface area contributed by atoms with Crippen LogP contribution in [0.3, 0.4) is 0 Å². The van der Waals surface area contributed by atoms with Crippen molar-refractivity contribution in [3.05, 3.63) is 71.2 Å². The van der Waals surface area contributed by atoms with Crippen LogP contribution in [-0.2, 0) is 4.74 Å². The molecule has 0 spiro atoms. The second kappa shape index (κ2) is 8.52. The first-order valence-corrected chi connectivity index (χ1v) is 9.04. The Labute approximate surface area is 164 Å². The van der Waals surface area contributed by atoms with Gasteiger partial charge in [0.05, 0.1) is 31.2 Å². The lowest BCUT2D eigenvalue weighted by molar-refractivity contribution is 0.0526. The third-order valence-corrected chi connectivity index (χ3v) is 4.37. The molecule has 0 atom stereocenters. The molecule has 0 amide bonds. The van der Waals surface area contributed by atoms with Gasteiger partial charge < -0.3 is 14.0 Å². The van der Waals surface area contributed by atoms with Crippen molar-refractivity contribution in [2.45, 2.75) is 20.8 Å². The quantitative estimate of drug-likeness (QED) is 0.471. The standard InChI is InChI=1S/C22H23N3O3/c1-5-28-22(26)17-7-6-8-20(12-17)25-15(2)11-18(16(25)3)13-23-19-9-10-21(27-4)24-14-19/h6-14H,5H2,1-4H3. The van der Waals surface area contributed by atoms with E-state index in [-0.39, 0.29) is 5.97 Å². The fourth-order valence-electron chi connectivity index (χ4n) is 3.02. The summed E-state index contributed by atoms with van der Waals surface area (Å²) in [6, 6.07) is 13.1. The summed E-state index contributed by atoms with van der Waals surface area (Å²) in [5.41, 5.74) is 5.26. The molecule has 0 radical (unpaired) electrons. The molecular formula is C22H23N3O3. The van der Waals surface area contributed by atoms with Crippen molar-refractivity contribution in [2.75, 3.05) is 13.7 Å². The maximum atomic E-state index is 12.0. The summed E-state index contributed by atoms with van der Waals surface area (Å²) < 4.78 is 12.3. The lowest BCUT2D eigenvalue weighted by Crippen LogP contribution is -2.06. The summed E-state index contributed by atoms with van der Waals surface area (Å²) in [5.74, 6) is 0.235. The Kier molecular flexibility index (Phi) is 5.89. The van der Waals surface area contributed by atoms with Crippen LogP contribution in [0.1, 0.15) is 34.2 Å². The molecule has 2 aromatic heterocycles. The number of carbonyl (C=O) groups is 1. The molecule has 6 nitrogen and oxygen atoms in total. The second-order valence-corrected chi connectivity index (χ2v) is 6.25. The van der Waals surface area contributed by atoms with Gasteiger partial charge in [-0.2, -0.15) is 0 Å². The van der Waals surface area contributed by atoms with Gasteiger partial charge in [0.1, 0.15) is 0 Å². The highest BCUT2D eigenvalue weighted by Gasteiger charge is 2.12. The van der Waals surface area contributed by atoms with Crippen LogP contribution in [0.25, 0.3) is 5.69 Å². The van der Waals surface area contributed by atoms with Gasteiger partial charge in [-0.15, -0.1) is 0 Å². The first kappa shape index (κ1) is 19.4. The molecule has 2 heterocycles. The molecular weight excluding hydrogens is 354 g/mol. The minimum Gasteiger partial charge on any atom is -0.481 e. The number of methoxy groups -OCH3 is 1. The molecule has 0 unspecified atom stereocenters. The summed E-state index contributed by atoms with van der Waals surface area (Å²) in [7, 11) is 1.58. The van der Waals surface area contributed by atoms with E-state index in [1.807, 2.05) is 44.3 Å². The number of rotatable bonds is 6. The smallest absolute Gasteiger partial charge is 0.338 e. The Morgan fingerprint density at radius 2 is 2.04 bits per heavy atom. The molecule has 0 saturated heterocycles. The number of pyridine rings is 1. The zero-order valence-electron chi connectivity index (χ0n) is 16.5. The van der Waals surface area contributed by atoms with Crippen LogP contribution < -0.4 is 4.74 Å². The number of aromatic nitrogens is 2. The number of ether oxygens (including phenoxy) is 2. The van der Waals surface area contributed by atoms with Crippen molar-refractivity contribution >= 4 is 17.9 Å². The fraction of sp³-hybridized carbons (Fsp3) is 0.227. The lowest BCUT2D eigenvalue weighted by atomic mass is 10.2. The lowest BCUT2D eigenvalue weighted by Gasteiger charge is -2.11. The van der Waals surface area contributed by atoms with E-state index in [0.29, 0.717) is 18.1 Å². The molecule has 6 heteroatoms. The van der Waals surface area contributed by atoms with Crippen molar-refractivity contribution in [2.24, 2.45) is 4.99 Å². The molecule has 3 rings (SSSR count). The van der Waals surface area contributed by atoms with Crippen LogP contribution in [0.2, 0.25) is 0 Å². The van der Waals surface area contributed by atoms with Crippen molar-refractivity contribution in [3.63, 3.8) is 0 Å². The highest BCUT2D eigenvalue weighted by atomic mass is 16.5. The number of hydrogen-bond acceptors (Lipinski definition) is 5. The van der Waals surface area contributed by atoms with Gasteiger partial charge in [-0.25, -0.2) is 9.78 Å². The average Bonchev–Trinajstić information content (AvgIpc) is 3.00. The number of hydrogen-bond donors (Lipinski definition) is 0. The van der Waals surface area contributed by atoms with E-state index in [0.717, 1.165) is 28.3 Å². The van der Waals surface area contributed by atoms with E-state index in [1.54, 1.807) is 32.4 Å².